The highest BCUT2D eigenvalue weighted by Gasteiger charge is 2.39. The third-order valence-corrected chi connectivity index (χ3v) is 4.71. The van der Waals surface area contributed by atoms with Crippen LogP contribution in [0.15, 0.2) is 50.8 Å². The molecule has 0 fully saturated rings. The Morgan fingerprint density at radius 2 is 1.96 bits per heavy atom. The van der Waals surface area contributed by atoms with Gasteiger partial charge in [0.1, 0.15) is 0 Å². The van der Waals surface area contributed by atoms with E-state index in [2.05, 4.69) is 4.99 Å². The molecule has 6 nitrogen and oxygen atoms in total. The Morgan fingerprint density at radius 3 is 2.67 bits per heavy atom. The number of aliphatic imine (C=N–C) groups is 1. The summed E-state index contributed by atoms with van der Waals surface area (Å²) < 4.78 is 33.2. The smallest absolute Gasteiger partial charge is 0.306 e. The minimum absolute atomic E-state index is 0.182. The van der Waals surface area contributed by atoms with E-state index in [4.69, 9.17) is 8.60 Å². The molecule has 1 aliphatic heterocycles. The van der Waals surface area contributed by atoms with Gasteiger partial charge >= 0.3 is 10.1 Å². The van der Waals surface area contributed by atoms with Crippen LogP contribution in [-0.4, -0.2) is 20.4 Å². The highest BCUT2D eigenvalue weighted by atomic mass is 32.2. The van der Waals surface area contributed by atoms with Crippen LogP contribution in [0.5, 0.6) is 5.75 Å². The first kappa shape index (κ1) is 16.4. The van der Waals surface area contributed by atoms with Gasteiger partial charge in [-0.25, -0.2) is 0 Å². The number of para-hydroxylation sites is 1. The maximum absolute atomic E-state index is 12.0. The summed E-state index contributed by atoms with van der Waals surface area (Å²) in [5.74, 6) is -0.111. The number of hydrogen-bond acceptors (Lipinski definition) is 6. The van der Waals surface area contributed by atoms with Crippen molar-refractivity contribution in [2.75, 3.05) is 6.26 Å². The van der Waals surface area contributed by atoms with Gasteiger partial charge in [0.2, 0.25) is 11.2 Å². The van der Waals surface area contributed by atoms with Crippen LogP contribution in [0.3, 0.4) is 0 Å². The Morgan fingerprint density at radius 1 is 1.25 bits per heavy atom. The molecule has 1 aromatic heterocycles. The van der Waals surface area contributed by atoms with Crippen LogP contribution in [0, 0.1) is 0 Å². The fraction of sp³-hybridized carbons (Fsp3) is 0.294. The van der Waals surface area contributed by atoms with Gasteiger partial charge in [0.15, 0.2) is 5.76 Å². The van der Waals surface area contributed by atoms with E-state index >= 15 is 0 Å². The Balaban J connectivity index is 2.08. The van der Waals surface area contributed by atoms with Gasteiger partial charge in [-0.3, -0.25) is 9.79 Å². The van der Waals surface area contributed by atoms with Crippen LogP contribution in [0.2, 0.25) is 0 Å². The molecule has 0 N–H and O–H groups in total. The summed E-state index contributed by atoms with van der Waals surface area (Å²) in [7, 11) is -3.84. The monoisotopic (exact) mass is 347 g/mol. The van der Waals surface area contributed by atoms with Gasteiger partial charge in [0, 0.05) is 23.6 Å². The second kappa shape index (κ2) is 5.59. The second-order valence-corrected chi connectivity index (χ2v) is 7.62. The zero-order valence-electron chi connectivity index (χ0n) is 13.6. The van der Waals surface area contributed by atoms with Crippen molar-refractivity contribution in [1.82, 2.24) is 0 Å². The molecule has 0 bridgehead atoms. The summed E-state index contributed by atoms with van der Waals surface area (Å²) in [4.78, 5) is 16.6. The van der Waals surface area contributed by atoms with Crippen molar-refractivity contribution in [2.45, 2.75) is 25.7 Å². The highest BCUT2D eigenvalue weighted by molar-refractivity contribution is 7.86. The lowest BCUT2D eigenvalue weighted by Gasteiger charge is -2.26. The summed E-state index contributed by atoms with van der Waals surface area (Å²) in [5.41, 5.74) is 1.68. The van der Waals surface area contributed by atoms with Crippen molar-refractivity contribution in [1.29, 1.82) is 0 Å². The lowest BCUT2D eigenvalue weighted by molar-refractivity contribution is 0.412. The first-order valence-electron chi connectivity index (χ1n) is 7.36. The molecule has 2 heterocycles. The average molecular weight is 347 g/mol. The van der Waals surface area contributed by atoms with E-state index in [1.165, 1.54) is 6.26 Å². The molecule has 1 aromatic carbocycles. The summed E-state index contributed by atoms with van der Waals surface area (Å²) in [5, 5.41) is 0. The maximum Gasteiger partial charge on any atom is 0.306 e. The van der Waals surface area contributed by atoms with E-state index < -0.39 is 21.0 Å². The molecule has 7 heteroatoms. The SMILES string of the molecule is CC1=Nc2ccccc2[C@@]1(C)Cc1occc(=O)c1OS(C)(=O)=O. The molecule has 0 radical (unpaired) electrons. The number of fused-ring (bicyclic) bond motifs is 1. The molecular formula is C17H17NO5S. The number of nitrogens with zero attached hydrogens (tertiary/aromatic N) is 1. The minimum Gasteiger partial charge on any atom is -0.465 e. The largest absolute Gasteiger partial charge is 0.465 e. The lowest BCUT2D eigenvalue weighted by Crippen LogP contribution is -2.31. The van der Waals surface area contributed by atoms with Crippen molar-refractivity contribution >= 4 is 21.5 Å². The van der Waals surface area contributed by atoms with Gasteiger partial charge in [0.05, 0.1) is 18.2 Å². The summed E-state index contributed by atoms with van der Waals surface area (Å²) in [6, 6.07) is 8.84. The van der Waals surface area contributed by atoms with Crippen LogP contribution in [0.25, 0.3) is 0 Å². The van der Waals surface area contributed by atoms with E-state index in [1.54, 1.807) is 0 Å². The van der Waals surface area contributed by atoms with E-state index in [0.29, 0.717) is 0 Å². The van der Waals surface area contributed by atoms with Gasteiger partial charge in [-0.15, -0.1) is 0 Å². The number of hydrogen-bond donors (Lipinski definition) is 0. The third-order valence-electron chi connectivity index (χ3n) is 4.24. The third kappa shape index (κ3) is 2.87. The van der Waals surface area contributed by atoms with Crippen LogP contribution < -0.4 is 9.61 Å². The number of rotatable bonds is 4. The molecule has 3 rings (SSSR count). The molecule has 0 amide bonds. The molecule has 0 unspecified atom stereocenters. The van der Waals surface area contributed by atoms with Gasteiger partial charge in [0.25, 0.3) is 0 Å². The summed E-state index contributed by atoms with van der Waals surface area (Å²) in [6.07, 6.45) is 2.40. The molecule has 126 valence electrons. The van der Waals surface area contributed by atoms with Gasteiger partial charge in [-0.1, -0.05) is 18.2 Å². The lowest BCUT2D eigenvalue weighted by atomic mass is 9.76. The molecule has 24 heavy (non-hydrogen) atoms. The van der Waals surface area contributed by atoms with Crippen LogP contribution in [0.4, 0.5) is 5.69 Å². The molecule has 1 aliphatic rings. The van der Waals surface area contributed by atoms with Gasteiger partial charge in [-0.2, -0.15) is 8.42 Å². The maximum atomic E-state index is 12.0. The molecule has 0 spiro atoms. The van der Waals surface area contributed by atoms with Crippen LogP contribution in [-0.2, 0) is 22.0 Å². The molecule has 2 aromatic rings. The Hall–Kier alpha value is -2.41. The zero-order valence-corrected chi connectivity index (χ0v) is 14.4. The van der Waals surface area contributed by atoms with E-state index in [9.17, 15) is 13.2 Å². The first-order chi connectivity index (χ1) is 11.2. The molecule has 0 aliphatic carbocycles. The van der Waals surface area contributed by atoms with Gasteiger partial charge < -0.3 is 8.60 Å². The van der Waals surface area contributed by atoms with E-state index in [0.717, 1.165) is 29.3 Å². The molecule has 1 atom stereocenters. The Labute approximate surface area is 139 Å². The van der Waals surface area contributed by atoms with Crippen molar-refractivity contribution < 1.29 is 17.0 Å². The van der Waals surface area contributed by atoms with Crippen LogP contribution in [0.1, 0.15) is 25.2 Å². The Bertz CT molecular complexity index is 990. The van der Waals surface area contributed by atoms with Crippen molar-refractivity contribution in [3.05, 3.63) is 58.1 Å². The van der Waals surface area contributed by atoms with Crippen molar-refractivity contribution in [3.63, 3.8) is 0 Å². The Kier molecular flexibility index (Phi) is 3.83. The standard InChI is InChI=1S/C17H17NO5S/c1-11-17(2,12-6-4-5-7-13(12)18-11)10-15-16(23-24(3,20)21)14(19)8-9-22-15/h4-9H,10H2,1-3H3/t17-/m0/s1. The molecular weight excluding hydrogens is 330 g/mol. The minimum atomic E-state index is -3.84. The quantitative estimate of drug-likeness (QED) is 0.794. The normalized spacial score (nSPS) is 19.7. The van der Waals surface area contributed by atoms with E-state index in [-0.39, 0.29) is 17.9 Å². The van der Waals surface area contributed by atoms with E-state index in [1.807, 2.05) is 38.1 Å². The van der Waals surface area contributed by atoms with Gasteiger partial charge in [-0.05, 0) is 25.5 Å². The fourth-order valence-electron chi connectivity index (χ4n) is 2.89. The predicted molar refractivity (Wildman–Crippen MR) is 90.7 cm³/mol. The first-order valence-corrected chi connectivity index (χ1v) is 9.18. The molecule has 0 saturated carbocycles. The topological polar surface area (TPSA) is 85.9 Å². The van der Waals surface area contributed by atoms with Crippen LogP contribution >= 0.6 is 0 Å². The average Bonchev–Trinajstić information content (AvgIpc) is 2.74. The summed E-state index contributed by atoms with van der Waals surface area (Å²) >= 11 is 0. The molecule has 0 saturated heterocycles. The second-order valence-electron chi connectivity index (χ2n) is 6.05. The highest BCUT2D eigenvalue weighted by Crippen LogP contribution is 2.42. The zero-order chi connectivity index (χ0) is 17.5. The predicted octanol–water partition coefficient (Wildman–Crippen LogP) is 2.58. The summed E-state index contributed by atoms with van der Waals surface area (Å²) in [6.45, 7) is 3.88. The number of benzene rings is 1. The fourth-order valence-corrected chi connectivity index (χ4v) is 3.36. The van der Waals surface area contributed by atoms with Crippen molar-refractivity contribution in [2.24, 2.45) is 4.99 Å². The van der Waals surface area contributed by atoms with Crippen molar-refractivity contribution in [3.8, 4) is 5.75 Å².